The molecule has 1 N–H and O–H groups in total. The van der Waals surface area contributed by atoms with Crippen LogP contribution in [0.15, 0.2) is 0 Å². The molecule has 0 spiro atoms. The summed E-state index contributed by atoms with van der Waals surface area (Å²) in [5.41, 5.74) is 0. The number of rotatable bonds is 4. The summed E-state index contributed by atoms with van der Waals surface area (Å²) < 4.78 is 0.380. The van der Waals surface area contributed by atoms with E-state index in [0.717, 1.165) is 6.54 Å². The molecule has 2 nitrogen and oxygen atoms in total. The molecule has 1 aliphatic rings. The van der Waals surface area contributed by atoms with Gasteiger partial charge in [-0.1, -0.05) is 13.3 Å². The number of hydrogen-bond acceptors (Lipinski definition) is 2. The molecule has 0 aromatic rings. The average molecular weight is 187 g/mol. The fraction of sp³-hybridized carbons (Fsp3) is 0.889. The van der Waals surface area contributed by atoms with Gasteiger partial charge in [-0.2, -0.15) is 11.8 Å². The zero-order chi connectivity index (χ0) is 9.03. The molecule has 0 unspecified atom stereocenters. The van der Waals surface area contributed by atoms with Crippen LogP contribution >= 0.6 is 11.8 Å². The Kier molecular flexibility index (Phi) is 3.44. The SMILES string of the molecule is CCC(=O)NCC1(SC)CCC1. The van der Waals surface area contributed by atoms with Crippen LogP contribution in [0, 0.1) is 0 Å². The minimum Gasteiger partial charge on any atom is -0.355 e. The lowest BCUT2D eigenvalue weighted by Gasteiger charge is -2.40. The van der Waals surface area contributed by atoms with Gasteiger partial charge >= 0.3 is 0 Å². The number of amides is 1. The number of carbonyl (C=O) groups excluding carboxylic acids is 1. The highest BCUT2D eigenvalue weighted by atomic mass is 32.2. The number of nitrogens with one attached hydrogen (secondary N) is 1. The van der Waals surface area contributed by atoms with E-state index in [9.17, 15) is 4.79 Å². The third-order valence-corrected chi connectivity index (χ3v) is 4.05. The van der Waals surface area contributed by atoms with Crippen LogP contribution in [0.3, 0.4) is 0 Å². The fourth-order valence-corrected chi connectivity index (χ4v) is 2.32. The van der Waals surface area contributed by atoms with E-state index in [1.54, 1.807) is 0 Å². The maximum Gasteiger partial charge on any atom is 0.219 e. The first-order chi connectivity index (χ1) is 5.72. The standard InChI is InChI=1S/C9H17NOS/c1-3-8(11)10-7-9(12-2)5-4-6-9/h3-7H2,1-2H3,(H,10,11). The summed E-state index contributed by atoms with van der Waals surface area (Å²) in [5.74, 6) is 0.176. The predicted octanol–water partition coefficient (Wildman–Crippen LogP) is 1.80. The lowest BCUT2D eigenvalue weighted by atomic mass is 9.84. The monoisotopic (exact) mass is 187 g/mol. The van der Waals surface area contributed by atoms with E-state index in [1.807, 2.05) is 18.7 Å². The Morgan fingerprint density at radius 3 is 2.58 bits per heavy atom. The van der Waals surface area contributed by atoms with Crippen LogP contribution in [0.4, 0.5) is 0 Å². The Hall–Kier alpha value is -0.180. The second kappa shape index (κ2) is 4.17. The number of hydrogen-bond donors (Lipinski definition) is 1. The summed E-state index contributed by atoms with van der Waals surface area (Å²) in [5, 5.41) is 2.97. The van der Waals surface area contributed by atoms with Crippen molar-refractivity contribution in [3.05, 3.63) is 0 Å². The molecular formula is C9H17NOS. The van der Waals surface area contributed by atoms with Crippen molar-refractivity contribution < 1.29 is 4.79 Å². The lowest BCUT2D eigenvalue weighted by molar-refractivity contribution is -0.120. The third kappa shape index (κ3) is 2.16. The highest BCUT2D eigenvalue weighted by Crippen LogP contribution is 2.42. The van der Waals surface area contributed by atoms with Crippen LogP contribution in [-0.2, 0) is 4.79 Å². The second-order valence-corrected chi connectivity index (χ2v) is 4.65. The van der Waals surface area contributed by atoms with E-state index in [1.165, 1.54) is 19.3 Å². The van der Waals surface area contributed by atoms with Crippen molar-refractivity contribution in [2.24, 2.45) is 0 Å². The summed E-state index contributed by atoms with van der Waals surface area (Å²) in [7, 11) is 0. The number of carbonyl (C=O) groups is 1. The topological polar surface area (TPSA) is 29.1 Å². The second-order valence-electron chi connectivity index (χ2n) is 3.37. The van der Waals surface area contributed by atoms with Gasteiger partial charge in [0, 0.05) is 17.7 Å². The summed E-state index contributed by atoms with van der Waals surface area (Å²) in [4.78, 5) is 11.0. The van der Waals surface area contributed by atoms with Crippen molar-refractivity contribution in [1.29, 1.82) is 0 Å². The molecule has 0 heterocycles. The smallest absolute Gasteiger partial charge is 0.219 e. The molecule has 0 saturated heterocycles. The molecule has 0 atom stereocenters. The van der Waals surface area contributed by atoms with Crippen LogP contribution in [0.1, 0.15) is 32.6 Å². The molecule has 12 heavy (non-hydrogen) atoms. The van der Waals surface area contributed by atoms with E-state index in [-0.39, 0.29) is 5.91 Å². The zero-order valence-electron chi connectivity index (χ0n) is 7.85. The van der Waals surface area contributed by atoms with Crippen molar-refractivity contribution in [2.45, 2.75) is 37.4 Å². The minimum absolute atomic E-state index is 0.176. The molecule has 0 aromatic carbocycles. The van der Waals surface area contributed by atoms with Crippen LogP contribution in [0.25, 0.3) is 0 Å². The first-order valence-electron chi connectivity index (χ1n) is 4.54. The van der Waals surface area contributed by atoms with Gasteiger partial charge in [0.1, 0.15) is 0 Å². The molecule has 0 aliphatic heterocycles. The largest absolute Gasteiger partial charge is 0.355 e. The molecular weight excluding hydrogens is 170 g/mol. The summed E-state index contributed by atoms with van der Waals surface area (Å²) in [6.45, 7) is 2.75. The van der Waals surface area contributed by atoms with E-state index in [4.69, 9.17) is 0 Å². The van der Waals surface area contributed by atoms with E-state index >= 15 is 0 Å². The predicted molar refractivity (Wildman–Crippen MR) is 53.4 cm³/mol. The molecule has 1 saturated carbocycles. The molecule has 1 rings (SSSR count). The van der Waals surface area contributed by atoms with Gasteiger partial charge in [-0.05, 0) is 19.1 Å². The number of thioether (sulfide) groups is 1. The van der Waals surface area contributed by atoms with Gasteiger partial charge in [-0.25, -0.2) is 0 Å². The Morgan fingerprint density at radius 1 is 1.58 bits per heavy atom. The van der Waals surface area contributed by atoms with Crippen LogP contribution < -0.4 is 5.32 Å². The van der Waals surface area contributed by atoms with E-state index in [0.29, 0.717) is 11.2 Å². The third-order valence-electron chi connectivity index (χ3n) is 2.63. The molecule has 0 bridgehead atoms. The zero-order valence-corrected chi connectivity index (χ0v) is 8.67. The first-order valence-corrected chi connectivity index (χ1v) is 5.77. The quantitative estimate of drug-likeness (QED) is 0.727. The summed E-state index contributed by atoms with van der Waals surface area (Å²) >= 11 is 1.90. The Bertz CT molecular complexity index is 160. The first kappa shape index (κ1) is 9.90. The Labute approximate surface area is 78.5 Å². The molecule has 0 aromatic heterocycles. The summed E-state index contributed by atoms with van der Waals surface area (Å²) in [6.07, 6.45) is 6.58. The van der Waals surface area contributed by atoms with Crippen LogP contribution in [0.2, 0.25) is 0 Å². The molecule has 3 heteroatoms. The van der Waals surface area contributed by atoms with E-state index < -0.39 is 0 Å². The lowest BCUT2D eigenvalue weighted by Crippen LogP contribution is -2.45. The van der Waals surface area contributed by atoms with Crippen molar-refractivity contribution in [2.75, 3.05) is 12.8 Å². The Balaban J connectivity index is 2.24. The van der Waals surface area contributed by atoms with E-state index in [2.05, 4.69) is 11.6 Å². The fourth-order valence-electron chi connectivity index (χ4n) is 1.41. The van der Waals surface area contributed by atoms with Gasteiger partial charge in [0.15, 0.2) is 0 Å². The van der Waals surface area contributed by atoms with Crippen molar-refractivity contribution in [3.8, 4) is 0 Å². The van der Waals surface area contributed by atoms with Crippen molar-refractivity contribution in [1.82, 2.24) is 5.32 Å². The molecule has 0 radical (unpaired) electrons. The van der Waals surface area contributed by atoms with Crippen LogP contribution in [0.5, 0.6) is 0 Å². The molecule has 1 fully saturated rings. The summed E-state index contributed by atoms with van der Waals surface area (Å²) in [6, 6.07) is 0. The molecule has 1 amide bonds. The van der Waals surface area contributed by atoms with Gasteiger partial charge < -0.3 is 5.32 Å². The molecule has 70 valence electrons. The average Bonchev–Trinajstić information content (AvgIpc) is 2.03. The van der Waals surface area contributed by atoms with Gasteiger partial charge in [-0.15, -0.1) is 0 Å². The highest BCUT2D eigenvalue weighted by molar-refractivity contribution is 8.00. The van der Waals surface area contributed by atoms with Crippen molar-refractivity contribution in [3.63, 3.8) is 0 Å². The maximum atomic E-state index is 11.0. The van der Waals surface area contributed by atoms with Crippen molar-refractivity contribution >= 4 is 17.7 Å². The normalized spacial score (nSPS) is 19.8. The molecule has 1 aliphatic carbocycles. The highest BCUT2D eigenvalue weighted by Gasteiger charge is 2.35. The van der Waals surface area contributed by atoms with Gasteiger partial charge in [-0.3, -0.25) is 4.79 Å². The van der Waals surface area contributed by atoms with Crippen LogP contribution in [-0.4, -0.2) is 23.5 Å². The maximum absolute atomic E-state index is 11.0. The van der Waals surface area contributed by atoms with Gasteiger partial charge in [0.2, 0.25) is 5.91 Å². The Morgan fingerprint density at radius 2 is 2.25 bits per heavy atom. The van der Waals surface area contributed by atoms with Gasteiger partial charge in [0.05, 0.1) is 0 Å². The van der Waals surface area contributed by atoms with Gasteiger partial charge in [0.25, 0.3) is 0 Å². The minimum atomic E-state index is 0.176.